The molecule has 0 unspecified atom stereocenters. The molecule has 0 fully saturated rings. The Labute approximate surface area is 127 Å². The molecular formula is C19H24N2. The smallest absolute Gasteiger partial charge is 0.0429 e. The van der Waals surface area contributed by atoms with E-state index in [-0.39, 0.29) is 0 Å². The van der Waals surface area contributed by atoms with Crippen molar-refractivity contribution in [3.63, 3.8) is 0 Å². The molecule has 0 aliphatic carbocycles. The van der Waals surface area contributed by atoms with Gasteiger partial charge in [-0.05, 0) is 53.8 Å². The van der Waals surface area contributed by atoms with Crippen molar-refractivity contribution in [2.24, 2.45) is 0 Å². The van der Waals surface area contributed by atoms with E-state index in [0.29, 0.717) is 0 Å². The first-order valence-corrected chi connectivity index (χ1v) is 7.88. The van der Waals surface area contributed by atoms with Crippen molar-refractivity contribution in [2.45, 2.75) is 32.9 Å². The van der Waals surface area contributed by atoms with Crippen molar-refractivity contribution in [3.05, 3.63) is 64.7 Å². The van der Waals surface area contributed by atoms with E-state index in [2.05, 4.69) is 66.7 Å². The van der Waals surface area contributed by atoms with Gasteiger partial charge in [0, 0.05) is 25.8 Å². The Balaban J connectivity index is 1.79. The maximum absolute atomic E-state index is 3.45. The van der Waals surface area contributed by atoms with Crippen molar-refractivity contribution in [2.75, 3.05) is 18.5 Å². The van der Waals surface area contributed by atoms with Crippen LogP contribution in [0.3, 0.4) is 0 Å². The molecule has 0 spiro atoms. The average Bonchev–Trinajstić information content (AvgIpc) is 2.55. The highest BCUT2D eigenvalue weighted by Crippen LogP contribution is 2.22. The van der Waals surface area contributed by atoms with Crippen LogP contribution in [0, 0.1) is 0 Å². The monoisotopic (exact) mass is 280 g/mol. The third-order valence-electron chi connectivity index (χ3n) is 4.43. The van der Waals surface area contributed by atoms with Gasteiger partial charge in [-0.1, -0.05) is 37.3 Å². The second-order valence-electron chi connectivity index (χ2n) is 5.86. The lowest BCUT2D eigenvalue weighted by Crippen LogP contribution is -2.26. The van der Waals surface area contributed by atoms with Crippen LogP contribution in [0.4, 0.5) is 5.69 Å². The lowest BCUT2D eigenvalue weighted by Gasteiger charge is -2.25. The Kier molecular flexibility index (Phi) is 4.26. The zero-order valence-electron chi connectivity index (χ0n) is 13.0. The van der Waals surface area contributed by atoms with Crippen LogP contribution in [0.5, 0.6) is 0 Å². The molecule has 0 saturated carbocycles. The van der Waals surface area contributed by atoms with Crippen LogP contribution < -0.4 is 10.2 Å². The molecule has 2 aromatic rings. The third-order valence-corrected chi connectivity index (χ3v) is 4.43. The number of nitrogens with zero attached hydrogens (tertiary/aromatic N) is 1. The van der Waals surface area contributed by atoms with Gasteiger partial charge in [-0.3, -0.25) is 0 Å². The van der Waals surface area contributed by atoms with Crippen LogP contribution in [0.15, 0.2) is 42.5 Å². The van der Waals surface area contributed by atoms with Gasteiger partial charge >= 0.3 is 0 Å². The molecule has 1 aliphatic heterocycles. The largest absolute Gasteiger partial charge is 0.370 e. The molecule has 0 atom stereocenters. The second kappa shape index (κ2) is 6.31. The van der Waals surface area contributed by atoms with Crippen molar-refractivity contribution >= 4 is 5.69 Å². The zero-order valence-corrected chi connectivity index (χ0v) is 13.0. The zero-order chi connectivity index (χ0) is 14.7. The molecule has 2 nitrogen and oxygen atoms in total. The summed E-state index contributed by atoms with van der Waals surface area (Å²) in [5.41, 5.74) is 7.17. The van der Waals surface area contributed by atoms with Crippen LogP contribution in [-0.4, -0.2) is 13.6 Å². The van der Waals surface area contributed by atoms with Crippen LogP contribution >= 0.6 is 0 Å². The molecule has 0 aromatic heterocycles. The Morgan fingerprint density at radius 1 is 1.10 bits per heavy atom. The van der Waals surface area contributed by atoms with Gasteiger partial charge in [0.1, 0.15) is 0 Å². The van der Waals surface area contributed by atoms with Gasteiger partial charge in [-0.25, -0.2) is 0 Å². The first kappa shape index (κ1) is 14.2. The van der Waals surface area contributed by atoms with Crippen LogP contribution in [0.25, 0.3) is 0 Å². The van der Waals surface area contributed by atoms with E-state index < -0.39 is 0 Å². The predicted octanol–water partition coefficient (Wildman–Crippen LogP) is 3.53. The van der Waals surface area contributed by atoms with E-state index in [0.717, 1.165) is 32.5 Å². The fraction of sp³-hybridized carbons (Fsp3) is 0.368. The lowest BCUT2D eigenvalue weighted by molar-refractivity contribution is 0.637. The van der Waals surface area contributed by atoms with Crippen LogP contribution in [0.2, 0.25) is 0 Å². The second-order valence-corrected chi connectivity index (χ2v) is 5.86. The standard InChI is InChI=1S/C19H24N2/c1-3-15-7-9-18(10-8-15)21(2)14-17-6-4-5-16-13-20-12-11-19(16)17/h4-10,20H,3,11-14H2,1-2H3. The number of hydrogen-bond acceptors (Lipinski definition) is 2. The summed E-state index contributed by atoms with van der Waals surface area (Å²) in [7, 11) is 2.18. The van der Waals surface area contributed by atoms with Crippen molar-refractivity contribution in [1.29, 1.82) is 0 Å². The van der Waals surface area contributed by atoms with Gasteiger partial charge in [0.2, 0.25) is 0 Å². The summed E-state index contributed by atoms with van der Waals surface area (Å²) in [4.78, 5) is 2.34. The van der Waals surface area contributed by atoms with Gasteiger partial charge in [0.15, 0.2) is 0 Å². The summed E-state index contributed by atoms with van der Waals surface area (Å²) in [6, 6.07) is 15.6. The summed E-state index contributed by atoms with van der Waals surface area (Å²) >= 11 is 0. The lowest BCUT2D eigenvalue weighted by atomic mass is 9.95. The highest BCUT2D eigenvalue weighted by atomic mass is 15.1. The fourth-order valence-electron chi connectivity index (χ4n) is 3.09. The molecule has 21 heavy (non-hydrogen) atoms. The molecule has 0 bridgehead atoms. The predicted molar refractivity (Wildman–Crippen MR) is 89.8 cm³/mol. The molecule has 1 heterocycles. The molecule has 2 heteroatoms. The summed E-state index contributed by atoms with van der Waals surface area (Å²) in [5, 5.41) is 3.45. The average molecular weight is 280 g/mol. The molecule has 1 aliphatic rings. The molecule has 0 saturated heterocycles. The minimum atomic E-state index is 0.981. The molecule has 0 amide bonds. The quantitative estimate of drug-likeness (QED) is 0.921. The highest BCUT2D eigenvalue weighted by molar-refractivity contribution is 5.49. The van der Waals surface area contributed by atoms with Crippen LogP contribution in [0.1, 0.15) is 29.2 Å². The molecule has 2 aromatic carbocycles. The van der Waals surface area contributed by atoms with Crippen LogP contribution in [-0.2, 0) is 25.9 Å². The van der Waals surface area contributed by atoms with E-state index >= 15 is 0 Å². The van der Waals surface area contributed by atoms with Crippen molar-refractivity contribution < 1.29 is 0 Å². The summed E-state index contributed by atoms with van der Waals surface area (Å²) in [6.45, 7) is 5.29. The number of anilines is 1. The fourth-order valence-corrected chi connectivity index (χ4v) is 3.09. The van der Waals surface area contributed by atoms with Gasteiger partial charge in [-0.15, -0.1) is 0 Å². The Bertz CT molecular complexity index is 601. The normalized spacial score (nSPS) is 13.8. The summed E-state index contributed by atoms with van der Waals surface area (Å²) < 4.78 is 0. The Hall–Kier alpha value is -1.80. The van der Waals surface area contributed by atoms with E-state index in [1.165, 1.54) is 22.4 Å². The number of nitrogens with one attached hydrogen (secondary N) is 1. The van der Waals surface area contributed by atoms with E-state index in [4.69, 9.17) is 0 Å². The molecule has 110 valence electrons. The molecule has 3 rings (SSSR count). The number of aryl methyl sites for hydroxylation is 1. The summed E-state index contributed by atoms with van der Waals surface area (Å²) in [6.07, 6.45) is 2.25. The number of rotatable bonds is 4. The SMILES string of the molecule is CCc1ccc(N(C)Cc2cccc3c2CCNC3)cc1. The number of hydrogen-bond donors (Lipinski definition) is 1. The first-order chi connectivity index (χ1) is 10.3. The maximum Gasteiger partial charge on any atom is 0.0429 e. The van der Waals surface area contributed by atoms with Crippen molar-refractivity contribution in [3.8, 4) is 0 Å². The first-order valence-electron chi connectivity index (χ1n) is 7.88. The number of fused-ring (bicyclic) bond motifs is 1. The minimum Gasteiger partial charge on any atom is -0.370 e. The Morgan fingerprint density at radius 3 is 2.67 bits per heavy atom. The van der Waals surface area contributed by atoms with Gasteiger partial charge in [0.05, 0.1) is 0 Å². The minimum absolute atomic E-state index is 0.981. The van der Waals surface area contributed by atoms with Gasteiger partial charge in [0.25, 0.3) is 0 Å². The molecule has 1 N–H and O–H groups in total. The van der Waals surface area contributed by atoms with Crippen molar-refractivity contribution in [1.82, 2.24) is 5.32 Å². The van der Waals surface area contributed by atoms with E-state index in [1.54, 1.807) is 5.56 Å². The third kappa shape index (κ3) is 3.11. The van der Waals surface area contributed by atoms with Gasteiger partial charge in [-0.2, -0.15) is 0 Å². The maximum atomic E-state index is 3.45. The van der Waals surface area contributed by atoms with E-state index in [9.17, 15) is 0 Å². The summed E-state index contributed by atoms with van der Waals surface area (Å²) in [5.74, 6) is 0. The van der Waals surface area contributed by atoms with Gasteiger partial charge < -0.3 is 10.2 Å². The highest BCUT2D eigenvalue weighted by Gasteiger charge is 2.13. The van der Waals surface area contributed by atoms with E-state index in [1.807, 2.05) is 0 Å². The molecular weight excluding hydrogens is 256 g/mol. The Morgan fingerprint density at radius 2 is 1.90 bits per heavy atom. The topological polar surface area (TPSA) is 15.3 Å². The molecule has 0 radical (unpaired) electrons. The number of benzene rings is 2.